The fraction of sp³-hybridized carbons (Fsp3) is 1.00. The number of nitrogens with zero attached hydrogens (tertiary/aromatic N) is 1. The highest BCUT2D eigenvalue weighted by Gasteiger charge is 2.20. The highest BCUT2D eigenvalue weighted by Crippen LogP contribution is 2.19. The Bertz CT molecular complexity index is 170. The molecule has 0 aromatic heterocycles. The first-order chi connectivity index (χ1) is 8.38. The van der Waals surface area contributed by atoms with Crippen LogP contribution in [0, 0.1) is 0 Å². The molecule has 17 heavy (non-hydrogen) atoms. The lowest BCUT2D eigenvalue weighted by Gasteiger charge is -2.36. The van der Waals surface area contributed by atoms with Gasteiger partial charge in [0.15, 0.2) is 0 Å². The topological polar surface area (TPSA) is 15.3 Å². The van der Waals surface area contributed by atoms with Gasteiger partial charge in [-0.2, -0.15) is 0 Å². The molecule has 1 aliphatic heterocycles. The number of hydrogen-bond donors (Lipinski definition) is 1. The van der Waals surface area contributed by atoms with E-state index in [1.165, 1.54) is 77.5 Å². The van der Waals surface area contributed by atoms with Crippen LogP contribution in [0.25, 0.3) is 0 Å². The minimum absolute atomic E-state index is 0.865. The van der Waals surface area contributed by atoms with E-state index in [1.807, 2.05) is 0 Å². The van der Waals surface area contributed by atoms with Crippen LogP contribution in [0.1, 0.15) is 65.2 Å². The number of rotatable bonds is 9. The van der Waals surface area contributed by atoms with E-state index in [9.17, 15) is 0 Å². The number of nitrogens with one attached hydrogen (secondary N) is 1. The molecule has 1 atom stereocenters. The van der Waals surface area contributed by atoms with E-state index in [2.05, 4.69) is 24.1 Å². The van der Waals surface area contributed by atoms with Gasteiger partial charge in [0, 0.05) is 6.04 Å². The van der Waals surface area contributed by atoms with Crippen LogP contribution in [0.4, 0.5) is 0 Å². The van der Waals surface area contributed by atoms with Crippen molar-refractivity contribution in [3.05, 3.63) is 0 Å². The van der Waals surface area contributed by atoms with Crippen molar-refractivity contribution in [2.75, 3.05) is 26.2 Å². The normalized spacial score (nSPS) is 21.9. The molecule has 0 saturated carbocycles. The molecule has 1 rings (SSSR count). The third-order valence-electron chi connectivity index (χ3n) is 3.91. The van der Waals surface area contributed by atoms with Crippen molar-refractivity contribution in [1.29, 1.82) is 0 Å². The quantitative estimate of drug-likeness (QED) is 0.621. The second kappa shape index (κ2) is 9.90. The molecule has 0 aromatic carbocycles. The summed E-state index contributed by atoms with van der Waals surface area (Å²) >= 11 is 0. The fourth-order valence-corrected chi connectivity index (χ4v) is 2.74. The van der Waals surface area contributed by atoms with E-state index in [0.717, 1.165) is 6.04 Å². The van der Waals surface area contributed by atoms with Crippen molar-refractivity contribution in [1.82, 2.24) is 10.2 Å². The zero-order valence-corrected chi connectivity index (χ0v) is 12.0. The third-order valence-corrected chi connectivity index (χ3v) is 3.91. The van der Waals surface area contributed by atoms with Gasteiger partial charge in [-0.15, -0.1) is 0 Å². The van der Waals surface area contributed by atoms with Gasteiger partial charge in [-0.1, -0.05) is 33.1 Å². The third kappa shape index (κ3) is 6.42. The van der Waals surface area contributed by atoms with E-state index in [4.69, 9.17) is 0 Å². The lowest BCUT2D eigenvalue weighted by atomic mass is 9.99. The Morgan fingerprint density at radius 1 is 1.06 bits per heavy atom. The molecule has 0 radical (unpaired) electrons. The Balaban J connectivity index is 2.13. The molecular weight excluding hydrogens is 208 g/mol. The Hall–Kier alpha value is -0.0800. The summed E-state index contributed by atoms with van der Waals surface area (Å²) in [5, 5.41) is 3.58. The molecule has 0 spiro atoms. The van der Waals surface area contributed by atoms with Gasteiger partial charge < -0.3 is 10.2 Å². The van der Waals surface area contributed by atoms with Gasteiger partial charge in [-0.05, 0) is 58.3 Å². The van der Waals surface area contributed by atoms with Gasteiger partial charge in [0.2, 0.25) is 0 Å². The van der Waals surface area contributed by atoms with Crippen molar-refractivity contribution in [2.45, 2.75) is 71.3 Å². The van der Waals surface area contributed by atoms with E-state index >= 15 is 0 Å². The summed E-state index contributed by atoms with van der Waals surface area (Å²) in [6, 6.07) is 0.865. The largest absolute Gasteiger partial charge is 0.317 e. The van der Waals surface area contributed by atoms with Gasteiger partial charge in [-0.3, -0.25) is 0 Å². The maximum Gasteiger partial charge on any atom is 0.0107 e. The summed E-state index contributed by atoms with van der Waals surface area (Å²) in [6.45, 7) is 9.65. The van der Waals surface area contributed by atoms with E-state index < -0.39 is 0 Å². The first-order valence-electron chi connectivity index (χ1n) is 7.83. The molecule has 0 unspecified atom stereocenters. The second-order valence-corrected chi connectivity index (χ2v) is 5.43. The number of hydrogen-bond acceptors (Lipinski definition) is 2. The summed E-state index contributed by atoms with van der Waals surface area (Å²) in [5.74, 6) is 0. The zero-order chi connectivity index (χ0) is 12.3. The van der Waals surface area contributed by atoms with Gasteiger partial charge in [0.05, 0.1) is 0 Å². The monoisotopic (exact) mass is 240 g/mol. The minimum Gasteiger partial charge on any atom is -0.317 e. The summed E-state index contributed by atoms with van der Waals surface area (Å²) < 4.78 is 0. The van der Waals surface area contributed by atoms with Crippen LogP contribution in [-0.4, -0.2) is 37.1 Å². The molecule has 1 fully saturated rings. The van der Waals surface area contributed by atoms with Crippen LogP contribution in [0.5, 0.6) is 0 Å². The van der Waals surface area contributed by atoms with Crippen LogP contribution < -0.4 is 5.32 Å². The predicted molar refractivity (Wildman–Crippen MR) is 76.5 cm³/mol. The first-order valence-corrected chi connectivity index (χ1v) is 7.83. The smallest absolute Gasteiger partial charge is 0.0107 e. The lowest BCUT2D eigenvalue weighted by molar-refractivity contribution is 0.138. The zero-order valence-electron chi connectivity index (χ0n) is 12.0. The van der Waals surface area contributed by atoms with Crippen LogP contribution >= 0.6 is 0 Å². The standard InChI is InChI=1S/C15H32N2/c1-3-5-11-16-12-10-15-9-7-8-14-17(15)13-6-4-2/h15-16H,3-14H2,1-2H3/t15-/m0/s1. The summed E-state index contributed by atoms with van der Waals surface area (Å²) in [7, 11) is 0. The SMILES string of the molecule is CCCCNCC[C@@H]1CCCCN1CCCC. The van der Waals surface area contributed by atoms with Gasteiger partial charge >= 0.3 is 0 Å². The molecule has 1 heterocycles. The summed E-state index contributed by atoms with van der Waals surface area (Å²) in [6.07, 6.45) is 11.0. The second-order valence-electron chi connectivity index (χ2n) is 5.43. The number of likely N-dealkylation sites (tertiary alicyclic amines) is 1. The van der Waals surface area contributed by atoms with E-state index in [0.29, 0.717) is 0 Å². The Labute approximate surface area is 108 Å². The molecule has 2 heteroatoms. The Kier molecular flexibility index (Phi) is 8.72. The van der Waals surface area contributed by atoms with E-state index in [1.54, 1.807) is 0 Å². The first kappa shape index (κ1) is 15.0. The highest BCUT2D eigenvalue weighted by atomic mass is 15.2. The van der Waals surface area contributed by atoms with E-state index in [-0.39, 0.29) is 0 Å². The molecule has 1 saturated heterocycles. The Morgan fingerprint density at radius 2 is 1.88 bits per heavy atom. The molecule has 0 amide bonds. The number of piperidine rings is 1. The summed E-state index contributed by atoms with van der Waals surface area (Å²) in [5.41, 5.74) is 0. The van der Waals surface area contributed by atoms with Crippen molar-refractivity contribution in [3.63, 3.8) is 0 Å². The number of unbranched alkanes of at least 4 members (excludes halogenated alkanes) is 2. The molecular formula is C15H32N2. The molecule has 0 aromatic rings. The molecule has 0 aliphatic carbocycles. The van der Waals surface area contributed by atoms with Crippen LogP contribution in [0.15, 0.2) is 0 Å². The van der Waals surface area contributed by atoms with Crippen molar-refractivity contribution in [2.24, 2.45) is 0 Å². The van der Waals surface area contributed by atoms with Crippen molar-refractivity contribution < 1.29 is 0 Å². The fourth-order valence-electron chi connectivity index (χ4n) is 2.74. The lowest BCUT2D eigenvalue weighted by Crippen LogP contribution is -2.41. The molecule has 1 N–H and O–H groups in total. The van der Waals surface area contributed by atoms with Gasteiger partial charge in [0.1, 0.15) is 0 Å². The molecule has 1 aliphatic rings. The van der Waals surface area contributed by atoms with Gasteiger partial charge in [0.25, 0.3) is 0 Å². The van der Waals surface area contributed by atoms with Crippen molar-refractivity contribution >= 4 is 0 Å². The Morgan fingerprint density at radius 3 is 2.65 bits per heavy atom. The average molecular weight is 240 g/mol. The van der Waals surface area contributed by atoms with Crippen LogP contribution in [-0.2, 0) is 0 Å². The van der Waals surface area contributed by atoms with Crippen molar-refractivity contribution in [3.8, 4) is 0 Å². The predicted octanol–water partition coefficient (Wildman–Crippen LogP) is 3.42. The summed E-state index contributed by atoms with van der Waals surface area (Å²) in [4.78, 5) is 2.74. The average Bonchev–Trinajstić information content (AvgIpc) is 2.37. The van der Waals surface area contributed by atoms with Crippen LogP contribution in [0.3, 0.4) is 0 Å². The molecule has 102 valence electrons. The maximum absolute atomic E-state index is 3.58. The van der Waals surface area contributed by atoms with Crippen LogP contribution in [0.2, 0.25) is 0 Å². The maximum atomic E-state index is 3.58. The minimum atomic E-state index is 0.865. The van der Waals surface area contributed by atoms with Gasteiger partial charge in [-0.25, -0.2) is 0 Å². The highest BCUT2D eigenvalue weighted by molar-refractivity contribution is 4.77. The molecule has 2 nitrogen and oxygen atoms in total. The molecule has 0 bridgehead atoms.